The van der Waals surface area contributed by atoms with Gasteiger partial charge in [-0.15, -0.1) is 0 Å². The average molecular weight is 371 g/mol. The molecule has 3 heteroatoms. The van der Waals surface area contributed by atoms with E-state index in [-0.39, 0.29) is 5.91 Å². The summed E-state index contributed by atoms with van der Waals surface area (Å²) in [5.41, 5.74) is 1.30. The van der Waals surface area contributed by atoms with Crippen LogP contribution in [0.2, 0.25) is 0 Å². The molecule has 0 saturated carbocycles. The summed E-state index contributed by atoms with van der Waals surface area (Å²) in [5, 5.41) is 0. The zero-order valence-electron chi connectivity index (χ0n) is 11.8. The fraction of sp³-hybridized carbons (Fsp3) is 0.562. The number of hydrogen-bond donors (Lipinski definition) is 0. The van der Waals surface area contributed by atoms with Crippen LogP contribution >= 0.6 is 22.6 Å². The smallest absolute Gasteiger partial charge is 0.253 e. The summed E-state index contributed by atoms with van der Waals surface area (Å²) >= 11 is 2.26. The fourth-order valence-electron chi connectivity index (χ4n) is 2.92. The second-order valence-electron chi connectivity index (χ2n) is 5.51. The van der Waals surface area contributed by atoms with Crippen molar-refractivity contribution in [1.29, 1.82) is 0 Å². The molecule has 104 valence electrons. The van der Waals surface area contributed by atoms with Crippen LogP contribution in [0.4, 0.5) is 0 Å². The molecule has 0 aliphatic carbocycles. The first-order valence-corrected chi connectivity index (χ1v) is 8.23. The fourth-order valence-corrected chi connectivity index (χ4v) is 3.28. The number of benzene rings is 1. The molecule has 0 aromatic heterocycles. The Bertz CT molecular complexity index is 427. The molecule has 2 rings (SSSR count). The summed E-state index contributed by atoms with van der Waals surface area (Å²) in [5.74, 6) is 0.192. The Labute approximate surface area is 129 Å². The van der Waals surface area contributed by atoms with Crippen LogP contribution in [0, 0.1) is 8.99 Å². The highest BCUT2D eigenvalue weighted by molar-refractivity contribution is 14.1. The van der Waals surface area contributed by atoms with Crippen LogP contribution in [-0.4, -0.2) is 23.9 Å². The maximum absolute atomic E-state index is 12.4. The Hall–Kier alpha value is -0.580. The van der Waals surface area contributed by atoms with E-state index in [4.69, 9.17) is 0 Å². The summed E-state index contributed by atoms with van der Waals surface area (Å²) in [4.78, 5) is 14.4. The highest BCUT2D eigenvalue weighted by atomic mass is 127. The number of carbonyl (C=O) groups is 1. The first kappa shape index (κ1) is 14.8. The van der Waals surface area contributed by atoms with Crippen LogP contribution < -0.4 is 0 Å². The van der Waals surface area contributed by atoms with Gasteiger partial charge in [0, 0.05) is 22.2 Å². The molecule has 0 radical (unpaired) electrons. The van der Waals surface area contributed by atoms with E-state index in [1.165, 1.54) is 16.4 Å². The van der Waals surface area contributed by atoms with Crippen molar-refractivity contribution in [2.45, 2.75) is 39.5 Å². The number of piperidine rings is 1. The number of halogens is 1. The van der Waals surface area contributed by atoms with E-state index >= 15 is 0 Å². The predicted octanol–water partition coefficient (Wildman–Crippen LogP) is 4.33. The number of hydrogen-bond acceptors (Lipinski definition) is 1. The second-order valence-corrected chi connectivity index (χ2v) is 6.75. The molecule has 1 heterocycles. The summed E-state index contributed by atoms with van der Waals surface area (Å²) in [6.45, 7) is 6.37. The minimum atomic E-state index is 0.192. The van der Waals surface area contributed by atoms with Crippen LogP contribution in [0.3, 0.4) is 0 Å². The third-order valence-electron chi connectivity index (χ3n) is 4.70. The molecule has 1 aliphatic rings. The van der Waals surface area contributed by atoms with Crippen LogP contribution in [0.1, 0.15) is 49.9 Å². The third-order valence-corrected chi connectivity index (χ3v) is 5.42. The lowest BCUT2D eigenvalue weighted by Crippen LogP contribution is -2.42. The Kier molecular flexibility index (Phi) is 4.87. The summed E-state index contributed by atoms with van der Waals surface area (Å²) in [6.07, 6.45) is 4.76. The van der Waals surface area contributed by atoms with Gasteiger partial charge in [0.15, 0.2) is 0 Å². The molecule has 1 amide bonds. The summed E-state index contributed by atoms with van der Waals surface area (Å²) < 4.78 is 1.17. The van der Waals surface area contributed by atoms with Crippen molar-refractivity contribution in [2.75, 3.05) is 13.1 Å². The summed E-state index contributed by atoms with van der Waals surface area (Å²) in [6, 6.07) is 7.87. The maximum Gasteiger partial charge on any atom is 0.253 e. The van der Waals surface area contributed by atoms with Gasteiger partial charge in [0.2, 0.25) is 0 Å². The molecule has 0 spiro atoms. The highest BCUT2D eigenvalue weighted by Crippen LogP contribution is 2.38. The number of likely N-dealkylation sites (tertiary alicyclic amines) is 1. The van der Waals surface area contributed by atoms with Gasteiger partial charge in [-0.1, -0.05) is 26.7 Å². The first-order valence-electron chi connectivity index (χ1n) is 7.15. The van der Waals surface area contributed by atoms with Gasteiger partial charge < -0.3 is 4.90 Å². The average Bonchev–Trinajstić information content (AvgIpc) is 2.47. The van der Waals surface area contributed by atoms with Crippen molar-refractivity contribution >= 4 is 28.5 Å². The number of carbonyl (C=O) groups excluding carboxylic acids is 1. The summed E-state index contributed by atoms with van der Waals surface area (Å²) in [7, 11) is 0. The Balaban J connectivity index is 2.01. The van der Waals surface area contributed by atoms with Crippen molar-refractivity contribution in [2.24, 2.45) is 5.41 Å². The lowest BCUT2D eigenvalue weighted by Gasteiger charge is -2.41. The van der Waals surface area contributed by atoms with E-state index < -0.39 is 0 Å². The predicted molar refractivity (Wildman–Crippen MR) is 87.3 cm³/mol. The minimum absolute atomic E-state index is 0.192. The van der Waals surface area contributed by atoms with Crippen LogP contribution in [0.5, 0.6) is 0 Å². The topological polar surface area (TPSA) is 20.3 Å². The Morgan fingerprint density at radius 3 is 2.16 bits per heavy atom. The van der Waals surface area contributed by atoms with Crippen molar-refractivity contribution in [3.63, 3.8) is 0 Å². The molecule has 0 atom stereocenters. The molecule has 1 aromatic rings. The normalized spacial score (nSPS) is 18.4. The standard InChI is InChI=1S/C16H22INO/c1-3-16(4-2)9-11-18(12-10-16)15(19)13-5-7-14(17)8-6-13/h5-8H,3-4,9-12H2,1-2H3. The number of amides is 1. The number of rotatable bonds is 3. The van der Waals surface area contributed by atoms with Crippen molar-refractivity contribution in [1.82, 2.24) is 4.90 Å². The molecule has 2 nitrogen and oxygen atoms in total. The SMILES string of the molecule is CCC1(CC)CCN(C(=O)c2ccc(I)cc2)CC1. The van der Waals surface area contributed by atoms with Gasteiger partial charge in [-0.05, 0) is 65.1 Å². The Morgan fingerprint density at radius 1 is 1.16 bits per heavy atom. The van der Waals surface area contributed by atoms with Gasteiger partial charge in [-0.25, -0.2) is 0 Å². The van der Waals surface area contributed by atoms with Gasteiger partial charge in [0.05, 0.1) is 0 Å². The molecule has 1 fully saturated rings. The van der Waals surface area contributed by atoms with Gasteiger partial charge in [-0.3, -0.25) is 4.79 Å². The maximum atomic E-state index is 12.4. The first-order chi connectivity index (χ1) is 9.10. The van der Waals surface area contributed by atoms with E-state index in [2.05, 4.69) is 36.4 Å². The zero-order valence-corrected chi connectivity index (χ0v) is 13.9. The van der Waals surface area contributed by atoms with Crippen molar-refractivity contribution in [3.05, 3.63) is 33.4 Å². The van der Waals surface area contributed by atoms with Crippen LogP contribution in [0.25, 0.3) is 0 Å². The molecule has 19 heavy (non-hydrogen) atoms. The lowest BCUT2D eigenvalue weighted by molar-refractivity contribution is 0.0558. The molecule has 0 unspecified atom stereocenters. The number of nitrogens with zero attached hydrogens (tertiary/aromatic N) is 1. The molecule has 0 N–H and O–H groups in total. The molecule has 0 bridgehead atoms. The van der Waals surface area contributed by atoms with E-state index in [0.29, 0.717) is 5.41 Å². The quantitative estimate of drug-likeness (QED) is 0.725. The van der Waals surface area contributed by atoms with E-state index in [1.54, 1.807) is 0 Å². The van der Waals surface area contributed by atoms with Gasteiger partial charge in [0.25, 0.3) is 5.91 Å². The van der Waals surface area contributed by atoms with Gasteiger partial charge in [0.1, 0.15) is 0 Å². The largest absolute Gasteiger partial charge is 0.339 e. The molecule has 1 saturated heterocycles. The Morgan fingerprint density at radius 2 is 1.68 bits per heavy atom. The third kappa shape index (κ3) is 3.30. The molecule has 1 aliphatic heterocycles. The molecule has 1 aromatic carbocycles. The minimum Gasteiger partial charge on any atom is -0.339 e. The second kappa shape index (κ2) is 6.25. The van der Waals surface area contributed by atoms with Crippen molar-refractivity contribution in [3.8, 4) is 0 Å². The van der Waals surface area contributed by atoms with E-state index in [1.807, 2.05) is 29.2 Å². The molecular weight excluding hydrogens is 349 g/mol. The molecular formula is C16H22INO. The van der Waals surface area contributed by atoms with Gasteiger partial charge >= 0.3 is 0 Å². The lowest BCUT2D eigenvalue weighted by atomic mass is 9.74. The van der Waals surface area contributed by atoms with Crippen molar-refractivity contribution < 1.29 is 4.79 Å². The van der Waals surface area contributed by atoms with Crippen LogP contribution in [0.15, 0.2) is 24.3 Å². The highest BCUT2D eigenvalue weighted by Gasteiger charge is 2.32. The van der Waals surface area contributed by atoms with Gasteiger partial charge in [-0.2, -0.15) is 0 Å². The zero-order chi connectivity index (χ0) is 13.9. The van der Waals surface area contributed by atoms with E-state index in [0.717, 1.165) is 31.5 Å². The van der Waals surface area contributed by atoms with Crippen LogP contribution in [-0.2, 0) is 0 Å². The van der Waals surface area contributed by atoms with E-state index in [9.17, 15) is 4.79 Å². The monoisotopic (exact) mass is 371 g/mol.